The second-order valence-electron chi connectivity index (χ2n) is 8.25. The van der Waals surface area contributed by atoms with Crippen molar-refractivity contribution in [1.29, 1.82) is 0 Å². The number of ether oxygens (including phenoxy) is 1. The number of methoxy groups -OCH3 is 1. The number of fused-ring (bicyclic) bond motifs is 1. The molecular weight excluding hydrogens is 552 g/mol. The highest BCUT2D eigenvalue weighted by Crippen LogP contribution is 2.32. The number of halogens is 3. The van der Waals surface area contributed by atoms with Crippen LogP contribution < -0.4 is 20.8 Å². The van der Waals surface area contributed by atoms with E-state index in [1.807, 2.05) is 0 Å². The normalized spacial score (nSPS) is 11.5. The van der Waals surface area contributed by atoms with Crippen LogP contribution in [0.1, 0.15) is 0 Å². The topological polar surface area (TPSA) is 129 Å². The Morgan fingerprint density at radius 3 is 2.51 bits per heavy atom. The van der Waals surface area contributed by atoms with Crippen LogP contribution in [-0.2, 0) is 10.0 Å². The molecule has 13 heteroatoms. The van der Waals surface area contributed by atoms with Crippen molar-refractivity contribution < 1.29 is 21.9 Å². The van der Waals surface area contributed by atoms with E-state index in [9.17, 15) is 22.0 Å². The number of nitrogens with zero attached hydrogens (tertiary/aromatic N) is 3. The van der Waals surface area contributed by atoms with Gasteiger partial charge in [0.05, 0.1) is 28.7 Å². The first kappa shape index (κ1) is 26.1. The van der Waals surface area contributed by atoms with Crippen molar-refractivity contribution in [2.75, 3.05) is 17.6 Å². The van der Waals surface area contributed by atoms with Crippen molar-refractivity contribution >= 4 is 44.2 Å². The molecule has 0 aliphatic rings. The number of hydrogen-bond donors (Lipinski definition) is 2. The number of para-hydroxylation sites is 1. The standard InChI is InChI=1S/C26H18ClF2N5O4S/c1-38-24-21(33-39(36,37)23-9-7-16(28)12-19(23)29)11-15(13-31-24)14-6-8-20-17(10-14)25(35)34(26(30)32-20)22-5-3-2-4-18(22)27/h2-13,33H,1H3,(H2,30,32). The van der Waals surface area contributed by atoms with Gasteiger partial charge in [-0.3, -0.25) is 9.52 Å². The van der Waals surface area contributed by atoms with Gasteiger partial charge < -0.3 is 10.5 Å². The lowest BCUT2D eigenvalue weighted by Crippen LogP contribution is -2.23. The SMILES string of the molecule is COc1ncc(-c2ccc3nc(N)n(-c4ccccc4Cl)c(=O)c3c2)cc1NS(=O)(=O)c1ccc(F)cc1F. The molecule has 3 N–H and O–H groups in total. The molecule has 0 radical (unpaired) electrons. The van der Waals surface area contributed by atoms with E-state index in [1.165, 1.54) is 23.9 Å². The van der Waals surface area contributed by atoms with E-state index in [2.05, 4.69) is 14.7 Å². The average Bonchev–Trinajstić information content (AvgIpc) is 2.89. The molecule has 0 bridgehead atoms. The molecule has 0 atom stereocenters. The molecule has 39 heavy (non-hydrogen) atoms. The molecule has 0 spiro atoms. The molecular formula is C26H18ClF2N5O4S. The summed E-state index contributed by atoms with van der Waals surface area (Å²) in [5.41, 5.74) is 7.07. The minimum Gasteiger partial charge on any atom is -0.480 e. The number of sulfonamides is 1. The summed E-state index contributed by atoms with van der Waals surface area (Å²) in [5.74, 6) is -2.33. The van der Waals surface area contributed by atoms with Gasteiger partial charge in [-0.2, -0.15) is 0 Å². The van der Waals surface area contributed by atoms with Gasteiger partial charge in [-0.25, -0.2) is 31.7 Å². The van der Waals surface area contributed by atoms with Gasteiger partial charge in [-0.15, -0.1) is 0 Å². The molecule has 0 aliphatic heterocycles. The number of nitrogen functional groups attached to an aromatic ring is 1. The first-order chi connectivity index (χ1) is 18.6. The van der Waals surface area contributed by atoms with Crippen LogP contribution in [-0.4, -0.2) is 30.1 Å². The summed E-state index contributed by atoms with van der Waals surface area (Å²) in [6.07, 6.45) is 1.41. The fourth-order valence-corrected chi connectivity index (χ4v) is 5.32. The maximum absolute atomic E-state index is 14.2. The smallest absolute Gasteiger partial charge is 0.267 e. The minimum absolute atomic E-state index is 0.0517. The minimum atomic E-state index is -4.48. The summed E-state index contributed by atoms with van der Waals surface area (Å²) in [4.78, 5) is 21.2. The van der Waals surface area contributed by atoms with Crippen LogP contribution >= 0.6 is 11.6 Å². The van der Waals surface area contributed by atoms with E-state index in [0.717, 1.165) is 12.1 Å². The number of hydrogen-bond acceptors (Lipinski definition) is 7. The van der Waals surface area contributed by atoms with Gasteiger partial charge >= 0.3 is 0 Å². The van der Waals surface area contributed by atoms with E-state index in [4.69, 9.17) is 22.1 Å². The third-order valence-corrected chi connectivity index (χ3v) is 7.51. The van der Waals surface area contributed by atoms with Crippen molar-refractivity contribution in [3.05, 3.63) is 99.9 Å². The van der Waals surface area contributed by atoms with Crippen LogP contribution in [0.25, 0.3) is 27.7 Å². The number of pyridine rings is 1. The van der Waals surface area contributed by atoms with E-state index in [-0.39, 0.29) is 22.9 Å². The van der Waals surface area contributed by atoms with Crippen LogP contribution in [0.3, 0.4) is 0 Å². The van der Waals surface area contributed by atoms with Crippen LogP contribution in [0.4, 0.5) is 20.4 Å². The fourth-order valence-electron chi connectivity index (χ4n) is 3.99. The van der Waals surface area contributed by atoms with Gasteiger partial charge in [-0.1, -0.05) is 29.8 Å². The number of benzene rings is 3. The second kappa shape index (κ2) is 9.97. The van der Waals surface area contributed by atoms with Crippen molar-refractivity contribution in [3.63, 3.8) is 0 Å². The lowest BCUT2D eigenvalue weighted by atomic mass is 10.0. The molecule has 0 saturated carbocycles. The van der Waals surface area contributed by atoms with Gasteiger partial charge in [0.25, 0.3) is 15.6 Å². The Hall–Kier alpha value is -4.55. The first-order valence-electron chi connectivity index (χ1n) is 11.2. The molecule has 0 amide bonds. The maximum Gasteiger partial charge on any atom is 0.267 e. The van der Waals surface area contributed by atoms with E-state index in [0.29, 0.717) is 33.4 Å². The lowest BCUT2D eigenvalue weighted by Gasteiger charge is -2.14. The van der Waals surface area contributed by atoms with Crippen molar-refractivity contribution in [3.8, 4) is 22.7 Å². The van der Waals surface area contributed by atoms with Crippen LogP contribution in [0.5, 0.6) is 5.88 Å². The van der Waals surface area contributed by atoms with Gasteiger partial charge in [0.2, 0.25) is 11.8 Å². The number of nitrogens with one attached hydrogen (secondary N) is 1. The molecule has 0 saturated heterocycles. The molecule has 2 aromatic heterocycles. The largest absolute Gasteiger partial charge is 0.480 e. The quantitative estimate of drug-likeness (QED) is 0.301. The number of anilines is 2. The zero-order valence-corrected chi connectivity index (χ0v) is 21.6. The third-order valence-electron chi connectivity index (χ3n) is 5.79. The first-order valence-corrected chi connectivity index (χ1v) is 13.0. The third kappa shape index (κ3) is 4.87. The molecule has 5 aromatic rings. The van der Waals surface area contributed by atoms with Crippen LogP contribution in [0, 0.1) is 11.6 Å². The van der Waals surface area contributed by atoms with Gasteiger partial charge in [-0.05, 0) is 48.0 Å². The predicted molar refractivity (Wildman–Crippen MR) is 144 cm³/mol. The van der Waals surface area contributed by atoms with Gasteiger partial charge in [0.15, 0.2) is 0 Å². The molecule has 198 valence electrons. The summed E-state index contributed by atoms with van der Waals surface area (Å²) in [6.45, 7) is 0. The number of nitrogens with two attached hydrogens (primary N) is 1. The monoisotopic (exact) mass is 569 g/mol. The van der Waals surface area contributed by atoms with Crippen LogP contribution in [0.15, 0.2) is 82.6 Å². The van der Waals surface area contributed by atoms with E-state index in [1.54, 1.807) is 42.5 Å². The molecule has 5 rings (SSSR count). The summed E-state index contributed by atoms with van der Waals surface area (Å²) in [7, 11) is -3.20. The molecule has 2 heterocycles. The predicted octanol–water partition coefficient (Wildman–Crippen LogP) is 4.77. The highest BCUT2D eigenvalue weighted by Gasteiger charge is 2.22. The Balaban J connectivity index is 1.61. The highest BCUT2D eigenvalue weighted by molar-refractivity contribution is 7.92. The number of aromatic nitrogens is 3. The van der Waals surface area contributed by atoms with Crippen molar-refractivity contribution in [2.24, 2.45) is 0 Å². The van der Waals surface area contributed by atoms with Gasteiger partial charge in [0.1, 0.15) is 22.2 Å². The van der Waals surface area contributed by atoms with Crippen molar-refractivity contribution in [1.82, 2.24) is 14.5 Å². The van der Waals surface area contributed by atoms with E-state index >= 15 is 0 Å². The molecule has 0 aliphatic carbocycles. The van der Waals surface area contributed by atoms with Gasteiger partial charge in [0, 0.05) is 17.8 Å². The second-order valence-corrected chi connectivity index (χ2v) is 10.3. The van der Waals surface area contributed by atoms with Crippen LogP contribution in [0.2, 0.25) is 5.02 Å². The molecule has 3 aromatic carbocycles. The Bertz CT molecular complexity index is 1930. The maximum atomic E-state index is 14.2. The summed E-state index contributed by atoms with van der Waals surface area (Å²) >= 11 is 6.28. The van der Waals surface area contributed by atoms with Crippen molar-refractivity contribution in [2.45, 2.75) is 4.90 Å². The summed E-state index contributed by atoms with van der Waals surface area (Å²) < 4.78 is 61.8. The molecule has 0 unspecified atom stereocenters. The summed E-state index contributed by atoms with van der Waals surface area (Å²) in [5, 5.41) is 0.519. The number of rotatable bonds is 6. The Labute approximate surface area is 225 Å². The Morgan fingerprint density at radius 2 is 1.79 bits per heavy atom. The zero-order chi connectivity index (χ0) is 27.9. The molecule has 9 nitrogen and oxygen atoms in total. The van der Waals surface area contributed by atoms with E-state index < -0.39 is 32.1 Å². The Morgan fingerprint density at radius 1 is 1.03 bits per heavy atom. The average molecular weight is 570 g/mol. The molecule has 0 fully saturated rings. The lowest BCUT2D eigenvalue weighted by molar-refractivity contribution is 0.400. The highest BCUT2D eigenvalue weighted by atomic mass is 35.5. The fraction of sp³-hybridized carbons (Fsp3) is 0.0385. The summed E-state index contributed by atoms with van der Waals surface area (Å²) in [6, 6.07) is 15.0. The zero-order valence-electron chi connectivity index (χ0n) is 20.0. The Kier molecular flexibility index (Phi) is 6.66.